The monoisotopic (exact) mass is 368 g/mol. The van der Waals surface area contributed by atoms with E-state index in [1.807, 2.05) is 49.3 Å². The Morgan fingerprint density at radius 2 is 1.93 bits per heavy atom. The van der Waals surface area contributed by atoms with Crippen LogP contribution in [-0.2, 0) is 23.0 Å². The standard InChI is InChI=1S/C20H24N4O3/c1-22(2)13-8-10-17-18(12-13)24(20(26)23(17)3)16-7-5-6-15(21)14(16)9-11-19(25)27-4/h5-8,10,12H,9,11,21H2,1-4H3. The number of aromatic nitrogens is 2. The van der Waals surface area contributed by atoms with Gasteiger partial charge >= 0.3 is 11.7 Å². The first kappa shape index (κ1) is 18.6. The highest BCUT2D eigenvalue weighted by Crippen LogP contribution is 2.27. The summed E-state index contributed by atoms with van der Waals surface area (Å²) in [4.78, 5) is 26.6. The summed E-state index contributed by atoms with van der Waals surface area (Å²) in [5.41, 5.74) is 10.6. The summed E-state index contributed by atoms with van der Waals surface area (Å²) in [6.45, 7) is 0. The number of anilines is 2. The van der Waals surface area contributed by atoms with Gasteiger partial charge in [0.1, 0.15) is 0 Å². The van der Waals surface area contributed by atoms with Gasteiger partial charge in [0, 0.05) is 38.9 Å². The number of fused-ring (bicyclic) bond motifs is 1. The van der Waals surface area contributed by atoms with Crippen LogP contribution in [0.25, 0.3) is 16.7 Å². The van der Waals surface area contributed by atoms with Crippen molar-refractivity contribution in [3.05, 3.63) is 52.4 Å². The summed E-state index contributed by atoms with van der Waals surface area (Å²) in [5, 5.41) is 0. The van der Waals surface area contributed by atoms with Crippen LogP contribution in [0, 0.1) is 0 Å². The molecule has 2 N–H and O–H groups in total. The van der Waals surface area contributed by atoms with E-state index in [0.29, 0.717) is 17.8 Å². The fraction of sp³-hybridized carbons (Fsp3) is 0.300. The zero-order valence-corrected chi connectivity index (χ0v) is 16.0. The summed E-state index contributed by atoms with van der Waals surface area (Å²) in [5.74, 6) is -0.315. The van der Waals surface area contributed by atoms with Gasteiger partial charge in [0.25, 0.3) is 0 Å². The van der Waals surface area contributed by atoms with E-state index in [1.54, 1.807) is 22.2 Å². The van der Waals surface area contributed by atoms with Crippen molar-refractivity contribution in [1.82, 2.24) is 9.13 Å². The fourth-order valence-corrected chi connectivity index (χ4v) is 3.24. The number of rotatable bonds is 5. The fourth-order valence-electron chi connectivity index (χ4n) is 3.24. The second-order valence-electron chi connectivity index (χ2n) is 6.67. The number of aryl methyl sites for hydroxylation is 1. The largest absolute Gasteiger partial charge is 0.469 e. The van der Waals surface area contributed by atoms with Gasteiger partial charge in [0.15, 0.2) is 0 Å². The third-order valence-corrected chi connectivity index (χ3v) is 4.79. The summed E-state index contributed by atoms with van der Waals surface area (Å²) in [6, 6.07) is 11.3. The number of benzene rings is 2. The number of carbonyl (C=O) groups is 1. The van der Waals surface area contributed by atoms with Crippen molar-refractivity contribution >= 4 is 28.4 Å². The molecule has 0 aliphatic carbocycles. The second kappa shape index (κ2) is 7.19. The van der Waals surface area contributed by atoms with Crippen LogP contribution < -0.4 is 16.3 Å². The number of hydrogen-bond donors (Lipinski definition) is 1. The number of esters is 1. The lowest BCUT2D eigenvalue weighted by Crippen LogP contribution is -2.22. The maximum Gasteiger partial charge on any atom is 0.333 e. The highest BCUT2D eigenvalue weighted by molar-refractivity contribution is 5.83. The number of nitrogens with two attached hydrogens (primary N) is 1. The average Bonchev–Trinajstić information content (AvgIpc) is 2.90. The van der Waals surface area contributed by atoms with E-state index in [0.717, 1.165) is 22.3 Å². The van der Waals surface area contributed by atoms with Gasteiger partial charge in [0.05, 0.1) is 23.8 Å². The Labute approximate surface area is 157 Å². The number of imidazole rings is 1. The Kier molecular flexibility index (Phi) is 4.94. The number of ether oxygens (including phenoxy) is 1. The molecule has 3 aromatic rings. The van der Waals surface area contributed by atoms with E-state index in [4.69, 9.17) is 10.5 Å². The van der Waals surface area contributed by atoms with E-state index in [2.05, 4.69) is 0 Å². The Hall–Kier alpha value is -3.22. The molecule has 7 heteroatoms. The molecule has 0 atom stereocenters. The third kappa shape index (κ3) is 3.28. The molecule has 3 rings (SSSR count). The Bertz CT molecular complexity index is 1060. The highest BCUT2D eigenvalue weighted by atomic mass is 16.5. The van der Waals surface area contributed by atoms with Crippen LogP contribution in [0.1, 0.15) is 12.0 Å². The first-order chi connectivity index (χ1) is 12.8. The van der Waals surface area contributed by atoms with Crippen molar-refractivity contribution in [3.8, 4) is 5.69 Å². The molecule has 0 bridgehead atoms. The maximum absolute atomic E-state index is 13.0. The Balaban J connectivity index is 2.25. The minimum Gasteiger partial charge on any atom is -0.469 e. The molecule has 0 aliphatic heterocycles. The van der Waals surface area contributed by atoms with E-state index < -0.39 is 0 Å². The number of nitrogens with zero attached hydrogens (tertiary/aromatic N) is 3. The first-order valence-electron chi connectivity index (χ1n) is 8.68. The van der Waals surface area contributed by atoms with Crippen LogP contribution in [0.2, 0.25) is 0 Å². The first-order valence-corrected chi connectivity index (χ1v) is 8.68. The molecular formula is C20H24N4O3. The number of nitrogen functional groups attached to an aromatic ring is 1. The molecule has 142 valence electrons. The highest BCUT2D eigenvalue weighted by Gasteiger charge is 2.18. The lowest BCUT2D eigenvalue weighted by Gasteiger charge is -2.15. The molecule has 27 heavy (non-hydrogen) atoms. The number of hydrogen-bond acceptors (Lipinski definition) is 5. The molecule has 0 unspecified atom stereocenters. The normalized spacial score (nSPS) is 11.0. The van der Waals surface area contributed by atoms with Crippen molar-refractivity contribution in [3.63, 3.8) is 0 Å². The summed E-state index contributed by atoms with van der Waals surface area (Å²) >= 11 is 0. The van der Waals surface area contributed by atoms with Crippen LogP contribution in [0.4, 0.5) is 11.4 Å². The molecule has 1 aromatic heterocycles. The minimum atomic E-state index is -0.315. The molecule has 7 nitrogen and oxygen atoms in total. The molecule has 0 amide bonds. The quantitative estimate of drug-likeness (QED) is 0.551. The van der Waals surface area contributed by atoms with Gasteiger partial charge < -0.3 is 15.4 Å². The molecular weight excluding hydrogens is 344 g/mol. The molecule has 0 fully saturated rings. The molecule has 1 heterocycles. The average molecular weight is 368 g/mol. The number of carbonyl (C=O) groups excluding carboxylic acids is 1. The smallest absolute Gasteiger partial charge is 0.333 e. The lowest BCUT2D eigenvalue weighted by molar-refractivity contribution is -0.140. The van der Waals surface area contributed by atoms with Gasteiger partial charge in [-0.05, 0) is 42.3 Å². The molecule has 0 saturated heterocycles. The van der Waals surface area contributed by atoms with Crippen LogP contribution in [0.15, 0.2) is 41.2 Å². The van der Waals surface area contributed by atoms with Crippen LogP contribution in [0.3, 0.4) is 0 Å². The molecule has 0 spiro atoms. The van der Waals surface area contributed by atoms with E-state index >= 15 is 0 Å². The number of methoxy groups -OCH3 is 1. The van der Waals surface area contributed by atoms with E-state index in [1.165, 1.54) is 7.11 Å². The summed E-state index contributed by atoms with van der Waals surface area (Å²) in [7, 11) is 7.01. The van der Waals surface area contributed by atoms with Crippen molar-refractivity contribution in [2.75, 3.05) is 31.8 Å². The predicted molar refractivity (Wildman–Crippen MR) is 108 cm³/mol. The molecule has 2 aromatic carbocycles. The summed E-state index contributed by atoms with van der Waals surface area (Å²) in [6.07, 6.45) is 0.588. The Morgan fingerprint density at radius 1 is 1.19 bits per heavy atom. The second-order valence-corrected chi connectivity index (χ2v) is 6.67. The third-order valence-electron chi connectivity index (χ3n) is 4.79. The Morgan fingerprint density at radius 3 is 2.59 bits per heavy atom. The van der Waals surface area contributed by atoms with Crippen LogP contribution in [0.5, 0.6) is 0 Å². The maximum atomic E-state index is 13.0. The molecule has 0 saturated carbocycles. The van der Waals surface area contributed by atoms with Gasteiger partial charge in [-0.3, -0.25) is 13.9 Å². The molecule has 0 radical (unpaired) electrons. The van der Waals surface area contributed by atoms with Crippen molar-refractivity contribution in [1.29, 1.82) is 0 Å². The van der Waals surface area contributed by atoms with Crippen molar-refractivity contribution in [2.24, 2.45) is 7.05 Å². The minimum absolute atomic E-state index is 0.161. The topological polar surface area (TPSA) is 82.5 Å². The zero-order chi connectivity index (χ0) is 19.7. The van der Waals surface area contributed by atoms with E-state index in [-0.39, 0.29) is 18.1 Å². The van der Waals surface area contributed by atoms with Crippen molar-refractivity contribution < 1.29 is 9.53 Å². The van der Waals surface area contributed by atoms with Gasteiger partial charge in [-0.1, -0.05) is 6.07 Å². The van der Waals surface area contributed by atoms with Gasteiger partial charge in [-0.15, -0.1) is 0 Å². The summed E-state index contributed by atoms with van der Waals surface area (Å²) < 4.78 is 8.01. The molecule has 0 aliphatic rings. The van der Waals surface area contributed by atoms with Gasteiger partial charge in [-0.25, -0.2) is 4.79 Å². The lowest BCUT2D eigenvalue weighted by atomic mass is 10.0. The van der Waals surface area contributed by atoms with Crippen molar-refractivity contribution in [2.45, 2.75) is 12.8 Å². The SMILES string of the molecule is COC(=O)CCc1c(N)cccc1-n1c(=O)n(C)c2ccc(N(C)C)cc21. The van der Waals surface area contributed by atoms with Crippen LogP contribution >= 0.6 is 0 Å². The predicted octanol–water partition coefficient (Wildman–Crippen LogP) is 2.08. The van der Waals surface area contributed by atoms with Crippen LogP contribution in [-0.4, -0.2) is 36.3 Å². The zero-order valence-electron chi connectivity index (χ0n) is 16.0. The van der Waals surface area contributed by atoms with E-state index in [9.17, 15) is 9.59 Å². The van der Waals surface area contributed by atoms with Gasteiger partial charge in [0.2, 0.25) is 0 Å². The van der Waals surface area contributed by atoms with Gasteiger partial charge in [-0.2, -0.15) is 0 Å².